The van der Waals surface area contributed by atoms with Crippen molar-refractivity contribution < 1.29 is 13.9 Å². The highest BCUT2D eigenvalue weighted by atomic mass is 19.1. The average Bonchev–Trinajstić information content (AvgIpc) is 2.49. The molecule has 0 unspecified atom stereocenters. The van der Waals surface area contributed by atoms with Crippen molar-refractivity contribution in [3.05, 3.63) is 35.4 Å². The van der Waals surface area contributed by atoms with Gasteiger partial charge < -0.3 is 9.64 Å². The third-order valence-corrected chi connectivity index (χ3v) is 3.47. The van der Waals surface area contributed by atoms with E-state index in [1.54, 1.807) is 4.90 Å². The Morgan fingerprint density at radius 2 is 2.00 bits per heavy atom. The number of ether oxygens (including phenoxy) is 1. The second kappa shape index (κ2) is 6.78. The fourth-order valence-electron chi connectivity index (χ4n) is 2.38. The number of likely N-dealkylation sites (tertiary alicyclic amines) is 1. The third kappa shape index (κ3) is 4.52. The van der Waals surface area contributed by atoms with Crippen molar-refractivity contribution in [3.8, 4) is 6.07 Å². The molecular weight excluding hydrogens is 297 g/mol. The smallest absolute Gasteiger partial charge is 0.410 e. The molecule has 0 aromatic carbocycles. The highest BCUT2D eigenvalue weighted by Gasteiger charge is 2.26. The van der Waals surface area contributed by atoms with E-state index in [9.17, 15) is 14.4 Å². The molecule has 6 heteroatoms. The van der Waals surface area contributed by atoms with Crippen LogP contribution in [0.3, 0.4) is 0 Å². The molecule has 0 bridgehead atoms. The fourth-order valence-corrected chi connectivity index (χ4v) is 2.38. The Morgan fingerprint density at radius 1 is 1.35 bits per heavy atom. The number of amides is 1. The van der Waals surface area contributed by atoms with Crippen LogP contribution in [0.1, 0.15) is 39.3 Å². The van der Waals surface area contributed by atoms with Gasteiger partial charge in [-0.25, -0.2) is 9.18 Å². The number of rotatable bonds is 1. The van der Waals surface area contributed by atoms with E-state index in [1.165, 1.54) is 12.1 Å². The van der Waals surface area contributed by atoms with Gasteiger partial charge in [0.1, 0.15) is 17.5 Å². The van der Waals surface area contributed by atoms with Crippen molar-refractivity contribution in [1.29, 1.82) is 5.26 Å². The number of nitrogens with zero attached hydrogens (tertiary/aromatic N) is 3. The number of hydrogen-bond acceptors (Lipinski definition) is 4. The number of halogens is 1. The first-order valence-electron chi connectivity index (χ1n) is 7.52. The molecule has 0 atom stereocenters. The monoisotopic (exact) mass is 317 g/mol. The predicted molar refractivity (Wildman–Crippen MR) is 83.8 cm³/mol. The lowest BCUT2D eigenvalue weighted by molar-refractivity contribution is 0.0236. The van der Waals surface area contributed by atoms with Gasteiger partial charge in [-0.05, 0) is 51.3 Å². The van der Waals surface area contributed by atoms with Gasteiger partial charge in [0.25, 0.3) is 0 Å². The van der Waals surface area contributed by atoms with Crippen LogP contribution in [0.5, 0.6) is 0 Å². The summed E-state index contributed by atoms with van der Waals surface area (Å²) in [5.74, 6) is -0.434. The summed E-state index contributed by atoms with van der Waals surface area (Å²) in [6.45, 7) is 6.48. The predicted octanol–water partition coefficient (Wildman–Crippen LogP) is 3.53. The largest absolute Gasteiger partial charge is 0.444 e. The van der Waals surface area contributed by atoms with E-state index in [2.05, 4.69) is 11.1 Å². The molecule has 0 spiro atoms. The normalized spacial score (nSPS) is 15.1. The number of hydrogen-bond donors (Lipinski definition) is 0. The minimum absolute atomic E-state index is 0.338. The number of aromatic nitrogens is 1. The molecular formula is C17H20FN3O2. The van der Waals surface area contributed by atoms with Crippen LogP contribution in [-0.4, -0.2) is 34.7 Å². The molecule has 23 heavy (non-hydrogen) atoms. The third-order valence-electron chi connectivity index (χ3n) is 3.47. The molecule has 1 aliphatic rings. The van der Waals surface area contributed by atoms with Gasteiger partial charge in [0.05, 0.1) is 17.5 Å². The van der Waals surface area contributed by atoms with Gasteiger partial charge in [-0.15, -0.1) is 0 Å². The lowest BCUT2D eigenvalue weighted by Gasteiger charge is -2.31. The summed E-state index contributed by atoms with van der Waals surface area (Å²) in [5.41, 5.74) is 1.35. The van der Waals surface area contributed by atoms with E-state index >= 15 is 0 Å². The van der Waals surface area contributed by atoms with Gasteiger partial charge in [0.2, 0.25) is 0 Å². The molecule has 1 aliphatic heterocycles. The molecule has 122 valence electrons. The molecule has 0 saturated carbocycles. The number of carbonyl (C=O) groups is 1. The van der Waals surface area contributed by atoms with Gasteiger partial charge in [-0.1, -0.05) is 0 Å². The average molecular weight is 317 g/mol. The number of allylic oxidation sites excluding steroid dienone is 1. The van der Waals surface area contributed by atoms with Gasteiger partial charge >= 0.3 is 6.09 Å². The number of piperidine rings is 1. The van der Waals surface area contributed by atoms with Crippen LogP contribution < -0.4 is 0 Å². The fraction of sp³-hybridized carbons (Fsp3) is 0.471. The molecule has 1 amide bonds. The first-order chi connectivity index (χ1) is 10.8. The first-order valence-corrected chi connectivity index (χ1v) is 7.52. The van der Waals surface area contributed by atoms with Gasteiger partial charge in [0.15, 0.2) is 0 Å². The molecule has 2 rings (SSSR count). The molecule has 5 nitrogen and oxygen atoms in total. The number of carbonyl (C=O) groups excluding carboxylic acids is 1. The van der Waals surface area contributed by atoms with Crippen molar-refractivity contribution in [3.63, 3.8) is 0 Å². The molecule has 1 aromatic rings. The van der Waals surface area contributed by atoms with E-state index in [0.717, 1.165) is 11.8 Å². The second-order valence-electron chi connectivity index (χ2n) is 6.42. The van der Waals surface area contributed by atoms with E-state index in [-0.39, 0.29) is 6.09 Å². The zero-order chi connectivity index (χ0) is 17.0. The van der Waals surface area contributed by atoms with Crippen LogP contribution in [-0.2, 0) is 4.74 Å². The molecule has 2 heterocycles. The van der Waals surface area contributed by atoms with Crippen LogP contribution in [0, 0.1) is 17.1 Å². The molecule has 1 saturated heterocycles. The van der Waals surface area contributed by atoms with Crippen LogP contribution in [0.15, 0.2) is 23.9 Å². The summed E-state index contributed by atoms with van der Waals surface area (Å²) in [7, 11) is 0. The van der Waals surface area contributed by atoms with Crippen LogP contribution in [0.2, 0.25) is 0 Å². The van der Waals surface area contributed by atoms with Crippen molar-refractivity contribution >= 4 is 11.7 Å². The van der Waals surface area contributed by atoms with Gasteiger partial charge in [-0.3, -0.25) is 4.98 Å². The van der Waals surface area contributed by atoms with Crippen LogP contribution >= 0.6 is 0 Å². The summed E-state index contributed by atoms with van der Waals surface area (Å²) >= 11 is 0. The maximum absolute atomic E-state index is 13.0. The molecule has 0 aliphatic carbocycles. The van der Waals surface area contributed by atoms with Crippen LogP contribution in [0.4, 0.5) is 9.18 Å². The highest BCUT2D eigenvalue weighted by Crippen LogP contribution is 2.26. The topological polar surface area (TPSA) is 66.2 Å². The summed E-state index contributed by atoms with van der Waals surface area (Å²) in [6.07, 6.45) is 1.93. The van der Waals surface area contributed by atoms with Crippen molar-refractivity contribution in [2.45, 2.75) is 39.2 Å². The zero-order valence-corrected chi connectivity index (χ0v) is 13.6. The summed E-state index contributed by atoms with van der Waals surface area (Å²) in [4.78, 5) is 17.6. The zero-order valence-electron chi connectivity index (χ0n) is 13.6. The maximum Gasteiger partial charge on any atom is 0.410 e. The van der Waals surface area contributed by atoms with E-state index < -0.39 is 11.4 Å². The Hall–Kier alpha value is -2.42. The minimum atomic E-state index is -0.525. The lowest BCUT2D eigenvalue weighted by atomic mass is 9.96. The van der Waals surface area contributed by atoms with Crippen molar-refractivity contribution in [1.82, 2.24) is 9.88 Å². The Morgan fingerprint density at radius 3 is 2.48 bits per heavy atom. The minimum Gasteiger partial charge on any atom is -0.444 e. The Kier molecular flexibility index (Phi) is 4.99. The van der Waals surface area contributed by atoms with Crippen molar-refractivity contribution in [2.75, 3.05) is 13.1 Å². The lowest BCUT2D eigenvalue weighted by Crippen LogP contribution is -2.40. The summed E-state index contributed by atoms with van der Waals surface area (Å²) in [5, 5.41) is 9.38. The molecule has 0 radical (unpaired) electrons. The Bertz CT molecular complexity index is 644. The molecule has 0 N–H and O–H groups in total. The summed E-state index contributed by atoms with van der Waals surface area (Å²) in [6, 6.07) is 4.94. The Labute approximate surface area is 135 Å². The SMILES string of the molecule is CC(C)(C)OC(=O)N1CCC(=C(C#N)c2ccc(F)cn2)CC1. The number of pyridine rings is 1. The van der Waals surface area contributed by atoms with E-state index in [0.29, 0.717) is 37.2 Å². The van der Waals surface area contributed by atoms with E-state index in [1.807, 2.05) is 20.8 Å². The maximum atomic E-state index is 13.0. The quantitative estimate of drug-likeness (QED) is 0.743. The van der Waals surface area contributed by atoms with Crippen molar-refractivity contribution in [2.24, 2.45) is 0 Å². The highest BCUT2D eigenvalue weighted by molar-refractivity contribution is 5.78. The number of nitriles is 1. The molecule has 1 aromatic heterocycles. The van der Waals surface area contributed by atoms with Gasteiger partial charge in [-0.2, -0.15) is 5.26 Å². The van der Waals surface area contributed by atoms with E-state index in [4.69, 9.17) is 4.74 Å². The summed E-state index contributed by atoms with van der Waals surface area (Å²) < 4.78 is 18.3. The first kappa shape index (κ1) is 16.9. The molecule has 1 fully saturated rings. The second-order valence-corrected chi connectivity index (χ2v) is 6.42. The standard InChI is InChI=1S/C17H20FN3O2/c1-17(2,3)23-16(22)21-8-6-12(7-9-21)14(10-19)15-5-4-13(18)11-20-15/h4-5,11H,6-9H2,1-3H3. The van der Waals surface area contributed by atoms with Gasteiger partial charge in [0, 0.05) is 13.1 Å². The Balaban J connectivity index is 2.08. The van der Waals surface area contributed by atoms with Crippen LogP contribution in [0.25, 0.3) is 5.57 Å².